The molecule has 134 valence electrons. The van der Waals surface area contributed by atoms with Crippen LogP contribution in [0, 0.1) is 17.8 Å². The zero-order chi connectivity index (χ0) is 18.2. The van der Waals surface area contributed by atoms with Crippen LogP contribution in [0.5, 0.6) is 0 Å². The average molecular weight is 373 g/mol. The van der Waals surface area contributed by atoms with Crippen molar-refractivity contribution in [3.63, 3.8) is 0 Å². The van der Waals surface area contributed by atoms with Crippen LogP contribution in [0.1, 0.15) is 18.4 Å². The Morgan fingerprint density at radius 2 is 2.16 bits per heavy atom. The van der Waals surface area contributed by atoms with Gasteiger partial charge in [-0.05, 0) is 37.0 Å². The summed E-state index contributed by atoms with van der Waals surface area (Å²) >= 11 is 6.12. The molecule has 1 heterocycles. The monoisotopic (exact) mass is 372 g/mol. The van der Waals surface area contributed by atoms with Crippen LogP contribution in [0.25, 0.3) is 0 Å². The molecule has 1 saturated carbocycles. The molecule has 0 aromatic heterocycles. The maximum atomic E-state index is 12.3. The van der Waals surface area contributed by atoms with Crippen LogP contribution in [-0.4, -0.2) is 37.4 Å². The van der Waals surface area contributed by atoms with Crippen molar-refractivity contribution < 1.29 is 22.7 Å². The number of anilines is 1. The van der Waals surface area contributed by atoms with Crippen molar-refractivity contribution in [2.75, 3.05) is 25.6 Å². The first kappa shape index (κ1) is 17.9. The molecule has 2 amide bonds. The van der Waals surface area contributed by atoms with Gasteiger partial charge in [-0.1, -0.05) is 23.4 Å². The Kier molecular flexibility index (Phi) is 4.60. The quantitative estimate of drug-likeness (QED) is 0.643. The molecule has 1 aromatic rings. The molecular formula is C17H16ClF3N2O2. The number of nitrogens with one attached hydrogen (secondary N) is 1. The van der Waals surface area contributed by atoms with Crippen LogP contribution in [0.15, 0.2) is 18.2 Å². The van der Waals surface area contributed by atoms with E-state index < -0.39 is 18.3 Å². The molecule has 1 atom stereocenters. The second-order valence-corrected chi connectivity index (χ2v) is 6.57. The molecule has 1 aromatic carbocycles. The fourth-order valence-electron chi connectivity index (χ4n) is 3.12. The zero-order valence-corrected chi connectivity index (χ0v) is 14.2. The first-order valence-electron chi connectivity index (χ1n) is 7.73. The van der Waals surface area contributed by atoms with Gasteiger partial charge in [0.15, 0.2) is 0 Å². The number of benzene rings is 1. The molecule has 2 aliphatic rings. The molecule has 4 nitrogen and oxygen atoms in total. The highest BCUT2D eigenvalue weighted by atomic mass is 35.5. The summed E-state index contributed by atoms with van der Waals surface area (Å²) in [5.41, 5.74) is 0.460. The number of nitrogens with zero attached hydrogens (tertiary/aromatic N) is 1. The van der Waals surface area contributed by atoms with Gasteiger partial charge in [-0.25, -0.2) is 4.79 Å². The van der Waals surface area contributed by atoms with E-state index in [1.54, 1.807) is 25.2 Å². The van der Waals surface area contributed by atoms with E-state index in [4.69, 9.17) is 11.6 Å². The largest absolute Gasteiger partial charge is 0.411 e. The van der Waals surface area contributed by atoms with Gasteiger partial charge in [-0.2, -0.15) is 13.2 Å². The van der Waals surface area contributed by atoms with E-state index in [-0.39, 0.29) is 18.6 Å². The number of hydrogen-bond acceptors (Lipinski definition) is 2. The molecule has 3 rings (SSSR count). The van der Waals surface area contributed by atoms with Crippen LogP contribution in [-0.2, 0) is 10.3 Å². The minimum atomic E-state index is -4.39. The van der Waals surface area contributed by atoms with Gasteiger partial charge in [-0.3, -0.25) is 0 Å². The predicted octanol–water partition coefficient (Wildman–Crippen LogP) is 4.00. The van der Waals surface area contributed by atoms with E-state index >= 15 is 0 Å². The Morgan fingerprint density at radius 1 is 1.44 bits per heavy atom. The maximum Gasteiger partial charge on any atom is 0.411 e. The number of urea groups is 1. The smallest absolute Gasteiger partial charge is 0.359 e. The summed E-state index contributed by atoms with van der Waals surface area (Å²) in [5.74, 6) is 5.78. The van der Waals surface area contributed by atoms with Crippen molar-refractivity contribution in [2.45, 2.75) is 24.6 Å². The molecular weight excluding hydrogens is 357 g/mol. The van der Waals surface area contributed by atoms with Crippen LogP contribution in [0.3, 0.4) is 0 Å². The summed E-state index contributed by atoms with van der Waals surface area (Å²) in [6.07, 6.45) is -2.64. The zero-order valence-electron chi connectivity index (χ0n) is 13.4. The van der Waals surface area contributed by atoms with E-state index in [9.17, 15) is 18.0 Å². The number of carbonyl (C=O) groups is 1. The van der Waals surface area contributed by atoms with Crippen molar-refractivity contribution in [3.05, 3.63) is 28.8 Å². The number of hydrogen-bond donors (Lipinski definition) is 1. The Labute approximate surface area is 148 Å². The highest BCUT2D eigenvalue weighted by Crippen LogP contribution is 2.52. The lowest BCUT2D eigenvalue weighted by atomic mass is 9.81. The second-order valence-electron chi connectivity index (χ2n) is 6.13. The normalized spacial score (nSPS) is 22.8. The lowest BCUT2D eigenvalue weighted by Crippen LogP contribution is -2.53. The number of rotatable bonds is 3. The van der Waals surface area contributed by atoms with Crippen LogP contribution < -0.4 is 5.32 Å². The Balaban J connectivity index is 1.94. The SMILES string of the molecule is CN1C(=O)Nc2ccc(Cl)cc2C1(C#CCOCC(F)(F)F)C1CC1. The maximum absolute atomic E-state index is 12.3. The van der Waals surface area contributed by atoms with Crippen LogP contribution in [0.2, 0.25) is 5.02 Å². The van der Waals surface area contributed by atoms with E-state index in [0.29, 0.717) is 10.7 Å². The standard InChI is InChI=1S/C17H16ClF3N2O2/c1-23-15(24)22-14-6-5-12(18)9-13(14)16(23,11-3-4-11)7-2-8-25-10-17(19,20)21/h5-6,9,11H,3-4,8,10H2,1H3,(H,22,24). The molecule has 8 heteroatoms. The van der Waals surface area contributed by atoms with Gasteiger partial charge in [0.1, 0.15) is 18.8 Å². The molecule has 1 unspecified atom stereocenters. The topological polar surface area (TPSA) is 41.6 Å². The third-order valence-electron chi connectivity index (χ3n) is 4.35. The van der Waals surface area contributed by atoms with Gasteiger partial charge in [0.25, 0.3) is 0 Å². The molecule has 0 radical (unpaired) electrons. The number of halogens is 4. The minimum Gasteiger partial charge on any atom is -0.359 e. The molecule has 0 spiro atoms. The summed E-state index contributed by atoms with van der Waals surface area (Å²) in [6.45, 7) is -1.71. The molecule has 1 N–H and O–H groups in total. The van der Waals surface area contributed by atoms with Gasteiger partial charge in [0.2, 0.25) is 0 Å². The van der Waals surface area contributed by atoms with E-state index in [1.807, 2.05) is 0 Å². The predicted molar refractivity (Wildman–Crippen MR) is 87.3 cm³/mol. The van der Waals surface area contributed by atoms with E-state index in [0.717, 1.165) is 18.4 Å². The van der Waals surface area contributed by atoms with Crippen molar-refractivity contribution >= 4 is 23.3 Å². The molecule has 1 fully saturated rings. The highest BCUT2D eigenvalue weighted by molar-refractivity contribution is 6.30. The molecule has 0 saturated heterocycles. The lowest BCUT2D eigenvalue weighted by molar-refractivity contribution is -0.170. The number of carbonyl (C=O) groups excluding carboxylic acids is 1. The van der Waals surface area contributed by atoms with Crippen molar-refractivity contribution in [3.8, 4) is 11.8 Å². The number of fused-ring (bicyclic) bond motifs is 1. The number of ether oxygens (including phenoxy) is 1. The van der Waals surface area contributed by atoms with Crippen molar-refractivity contribution in [1.82, 2.24) is 4.90 Å². The van der Waals surface area contributed by atoms with E-state index in [2.05, 4.69) is 21.9 Å². The Morgan fingerprint density at radius 3 is 2.80 bits per heavy atom. The Bertz CT molecular complexity index is 752. The fourth-order valence-corrected chi connectivity index (χ4v) is 3.29. The van der Waals surface area contributed by atoms with Crippen LogP contribution in [0.4, 0.5) is 23.7 Å². The first-order valence-corrected chi connectivity index (χ1v) is 8.11. The van der Waals surface area contributed by atoms with Crippen LogP contribution >= 0.6 is 11.6 Å². The van der Waals surface area contributed by atoms with Gasteiger partial charge in [0.05, 0.1) is 0 Å². The molecule has 25 heavy (non-hydrogen) atoms. The molecule has 1 aliphatic carbocycles. The third kappa shape index (κ3) is 3.55. The summed E-state index contributed by atoms with van der Waals surface area (Å²) < 4.78 is 41.0. The summed E-state index contributed by atoms with van der Waals surface area (Å²) in [6, 6.07) is 4.81. The van der Waals surface area contributed by atoms with Gasteiger partial charge >= 0.3 is 12.2 Å². The second kappa shape index (κ2) is 6.43. The summed E-state index contributed by atoms with van der Waals surface area (Å²) in [7, 11) is 1.63. The van der Waals surface area contributed by atoms with E-state index in [1.165, 1.54) is 4.90 Å². The summed E-state index contributed by atoms with van der Waals surface area (Å²) in [4.78, 5) is 13.8. The average Bonchev–Trinajstić information content (AvgIpc) is 3.35. The van der Waals surface area contributed by atoms with Crippen molar-refractivity contribution in [1.29, 1.82) is 0 Å². The lowest BCUT2D eigenvalue weighted by Gasteiger charge is -2.43. The molecule has 1 aliphatic heterocycles. The third-order valence-corrected chi connectivity index (χ3v) is 4.59. The van der Waals surface area contributed by atoms with Gasteiger partial charge in [0, 0.05) is 23.3 Å². The summed E-state index contributed by atoms with van der Waals surface area (Å²) in [5, 5.41) is 3.28. The molecule has 0 bridgehead atoms. The number of alkyl halides is 3. The van der Waals surface area contributed by atoms with Crippen molar-refractivity contribution in [2.24, 2.45) is 5.92 Å². The number of amides is 2. The Hall–Kier alpha value is -1.91. The van der Waals surface area contributed by atoms with Gasteiger partial charge < -0.3 is 15.0 Å². The first-order chi connectivity index (χ1) is 11.7. The fraction of sp³-hybridized carbons (Fsp3) is 0.471. The highest BCUT2D eigenvalue weighted by Gasteiger charge is 2.53. The van der Waals surface area contributed by atoms with Gasteiger partial charge in [-0.15, -0.1) is 0 Å². The minimum absolute atomic E-state index is 0.107.